The number of halogens is 1. The van der Waals surface area contributed by atoms with Crippen LogP contribution in [0.3, 0.4) is 0 Å². The Hall–Kier alpha value is -0.290. The van der Waals surface area contributed by atoms with Crippen molar-refractivity contribution in [3.8, 4) is 5.75 Å². The number of phenolic OH excluding ortho intramolecular Hbond substituents is 1. The highest BCUT2D eigenvalue weighted by Crippen LogP contribution is 2.34. The van der Waals surface area contributed by atoms with Crippen molar-refractivity contribution in [3.05, 3.63) is 26.6 Å². The maximum absolute atomic E-state index is 9.75. The number of benzene rings is 1. The molecule has 1 aromatic carbocycles. The van der Waals surface area contributed by atoms with E-state index in [1.165, 1.54) is 10.3 Å². The summed E-state index contributed by atoms with van der Waals surface area (Å²) in [5.74, 6) is 0.417. The van der Waals surface area contributed by atoms with Gasteiger partial charge >= 0.3 is 0 Å². The average Bonchev–Trinajstić information content (AvgIpc) is 2.47. The zero-order chi connectivity index (χ0) is 9.42. The largest absolute Gasteiger partial charge is 0.507 e. The first-order valence-corrected chi connectivity index (χ1v) is 6.06. The SMILES string of the molecule is CCc1csc2cc(I)cc(O)c12. The summed E-state index contributed by atoms with van der Waals surface area (Å²) >= 11 is 3.92. The summed E-state index contributed by atoms with van der Waals surface area (Å²) in [5, 5.41) is 12.9. The second kappa shape index (κ2) is 3.46. The molecule has 0 saturated carbocycles. The summed E-state index contributed by atoms with van der Waals surface area (Å²) in [4.78, 5) is 0. The molecular weight excluding hydrogens is 295 g/mol. The van der Waals surface area contributed by atoms with Crippen LogP contribution in [0.25, 0.3) is 10.1 Å². The maximum Gasteiger partial charge on any atom is 0.125 e. The number of rotatable bonds is 1. The molecule has 0 spiro atoms. The first kappa shape index (κ1) is 9.27. The number of hydrogen-bond acceptors (Lipinski definition) is 2. The van der Waals surface area contributed by atoms with Gasteiger partial charge in [-0.3, -0.25) is 0 Å². The van der Waals surface area contributed by atoms with Crippen molar-refractivity contribution in [3.63, 3.8) is 0 Å². The molecule has 0 bridgehead atoms. The molecule has 1 aromatic heterocycles. The number of aryl methyl sites for hydroxylation is 1. The van der Waals surface area contributed by atoms with E-state index in [9.17, 15) is 5.11 Å². The molecule has 1 N–H and O–H groups in total. The molecule has 0 aliphatic rings. The molecule has 0 amide bonds. The number of aromatic hydroxyl groups is 1. The van der Waals surface area contributed by atoms with Crippen LogP contribution in [-0.4, -0.2) is 5.11 Å². The van der Waals surface area contributed by atoms with Gasteiger partial charge in [0, 0.05) is 13.7 Å². The van der Waals surface area contributed by atoms with Crippen LogP contribution >= 0.6 is 33.9 Å². The van der Waals surface area contributed by atoms with Gasteiger partial charge in [0.25, 0.3) is 0 Å². The fourth-order valence-electron chi connectivity index (χ4n) is 1.44. The van der Waals surface area contributed by atoms with Gasteiger partial charge in [0.1, 0.15) is 5.75 Å². The normalized spacial score (nSPS) is 10.9. The lowest BCUT2D eigenvalue weighted by atomic mass is 10.1. The highest BCUT2D eigenvalue weighted by Gasteiger charge is 2.07. The van der Waals surface area contributed by atoms with Gasteiger partial charge in [-0.05, 0) is 52.1 Å². The summed E-state index contributed by atoms with van der Waals surface area (Å²) in [6, 6.07) is 3.92. The van der Waals surface area contributed by atoms with E-state index in [1.54, 1.807) is 11.3 Å². The summed E-state index contributed by atoms with van der Waals surface area (Å²) in [6.45, 7) is 2.11. The predicted octanol–water partition coefficient (Wildman–Crippen LogP) is 3.77. The highest BCUT2D eigenvalue weighted by molar-refractivity contribution is 14.1. The van der Waals surface area contributed by atoms with Gasteiger partial charge in [0.15, 0.2) is 0 Å². The van der Waals surface area contributed by atoms with Gasteiger partial charge in [-0.15, -0.1) is 11.3 Å². The van der Waals surface area contributed by atoms with Gasteiger partial charge in [0.05, 0.1) is 0 Å². The van der Waals surface area contributed by atoms with Crippen LogP contribution in [-0.2, 0) is 6.42 Å². The summed E-state index contributed by atoms with van der Waals surface area (Å²) in [6.07, 6.45) is 0.980. The number of phenols is 1. The third-order valence-corrected chi connectivity index (χ3v) is 3.68. The smallest absolute Gasteiger partial charge is 0.125 e. The fourth-order valence-corrected chi connectivity index (χ4v) is 3.36. The topological polar surface area (TPSA) is 20.2 Å². The van der Waals surface area contributed by atoms with Crippen LogP contribution < -0.4 is 0 Å². The van der Waals surface area contributed by atoms with E-state index in [0.29, 0.717) is 5.75 Å². The number of fused-ring (bicyclic) bond motifs is 1. The molecule has 13 heavy (non-hydrogen) atoms. The molecule has 0 unspecified atom stereocenters. The van der Waals surface area contributed by atoms with Crippen LogP contribution in [0.1, 0.15) is 12.5 Å². The molecule has 0 saturated heterocycles. The van der Waals surface area contributed by atoms with E-state index < -0.39 is 0 Å². The Labute approximate surface area is 94.5 Å². The minimum Gasteiger partial charge on any atom is -0.507 e. The molecule has 68 valence electrons. The van der Waals surface area contributed by atoms with E-state index in [4.69, 9.17) is 0 Å². The van der Waals surface area contributed by atoms with Gasteiger partial charge < -0.3 is 5.11 Å². The second-order valence-electron chi connectivity index (χ2n) is 2.91. The highest BCUT2D eigenvalue weighted by atomic mass is 127. The molecule has 1 nitrogen and oxygen atoms in total. The zero-order valence-electron chi connectivity index (χ0n) is 7.17. The Morgan fingerprint density at radius 1 is 1.46 bits per heavy atom. The molecule has 0 radical (unpaired) electrons. The van der Waals surface area contributed by atoms with Crippen molar-refractivity contribution in [1.29, 1.82) is 0 Å². The zero-order valence-corrected chi connectivity index (χ0v) is 10.1. The standard InChI is InChI=1S/C10H9IOS/c1-2-6-5-13-9-4-7(11)3-8(12)10(6)9/h3-5,12H,2H2,1H3. The van der Waals surface area contributed by atoms with Crippen LogP contribution in [0.15, 0.2) is 17.5 Å². The molecule has 1 heterocycles. The Morgan fingerprint density at radius 3 is 2.92 bits per heavy atom. The van der Waals surface area contributed by atoms with Gasteiger partial charge in [-0.2, -0.15) is 0 Å². The third-order valence-electron chi connectivity index (χ3n) is 2.08. The molecule has 0 aliphatic heterocycles. The van der Waals surface area contributed by atoms with E-state index in [0.717, 1.165) is 15.4 Å². The van der Waals surface area contributed by atoms with Crippen LogP contribution in [0.5, 0.6) is 5.75 Å². The monoisotopic (exact) mass is 304 g/mol. The van der Waals surface area contributed by atoms with Crippen molar-refractivity contribution in [1.82, 2.24) is 0 Å². The lowest BCUT2D eigenvalue weighted by Crippen LogP contribution is -1.77. The first-order chi connectivity index (χ1) is 6.22. The minimum absolute atomic E-state index is 0.417. The van der Waals surface area contributed by atoms with E-state index in [-0.39, 0.29) is 0 Å². The lowest BCUT2D eigenvalue weighted by Gasteiger charge is -1.99. The van der Waals surface area contributed by atoms with Gasteiger partial charge in [0.2, 0.25) is 0 Å². The van der Waals surface area contributed by atoms with Crippen LogP contribution in [0.2, 0.25) is 0 Å². The van der Waals surface area contributed by atoms with Crippen molar-refractivity contribution >= 4 is 44.0 Å². The van der Waals surface area contributed by atoms with Crippen molar-refractivity contribution < 1.29 is 5.11 Å². The third kappa shape index (κ3) is 1.55. The molecule has 0 fully saturated rings. The molecule has 3 heteroatoms. The summed E-state index contributed by atoms with van der Waals surface area (Å²) < 4.78 is 2.27. The van der Waals surface area contributed by atoms with E-state index in [2.05, 4.69) is 41.0 Å². The molecular formula is C10H9IOS. The quantitative estimate of drug-likeness (QED) is 0.795. The van der Waals surface area contributed by atoms with Crippen LogP contribution in [0.4, 0.5) is 0 Å². The Bertz CT molecular complexity index is 447. The Balaban J connectivity index is 2.82. The molecule has 0 atom stereocenters. The van der Waals surface area contributed by atoms with Crippen molar-refractivity contribution in [2.75, 3.05) is 0 Å². The summed E-state index contributed by atoms with van der Waals surface area (Å²) in [7, 11) is 0. The lowest BCUT2D eigenvalue weighted by molar-refractivity contribution is 0.481. The fraction of sp³-hybridized carbons (Fsp3) is 0.200. The van der Waals surface area contributed by atoms with Gasteiger partial charge in [-0.25, -0.2) is 0 Å². The number of thiophene rings is 1. The molecule has 2 aromatic rings. The van der Waals surface area contributed by atoms with Gasteiger partial charge in [-0.1, -0.05) is 6.92 Å². The molecule has 0 aliphatic carbocycles. The van der Waals surface area contributed by atoms with Crippen LogP contribution in [0, 0.1) is 3.57 Å². The second-order valence-corrected chi connectivity index (χ2v) is 5.07. The van der Waals surface area contributed by atoms with E-state index >= 15 is 0 Å². The Morgan fingerprint density at radius 2 is 2.23 bits per heavy atom. The molecule has 2 rings (SSSR count). The van der Waals surface area contributed by atoms with E-state index in [1.807, 2.05) is 6.07 Å². The average molecular weight is 304 g/mol. The predicted molar refractivity (Wildman–Crippen MR) is 65.6 cm³/mol. The first-order valence-electron chi connectivity index (χ1n) is 4.11. The summed E-state index contributed by atoms with van der Waals surface area (Å²) in [5.41, 5.74) is 1.24. The van der Waals surface area contributed by atoms with Crippen molar-refractivity contribution in [2.45, 2.75) is 13.3 Å². The maximum atomic E-state index is 9.75. The Kier molecular flexibility index (Phi) is 2.47. The number of hydrogen-bond donors (Lipinski definition) is 1. The minimum atomic E-state index is 0.417. The van der Waals surface area contributed by atoms with Crippen molar-refractivity contribution in [2.24, 2.45) is 0 Å².